The fourth-order valence-electron chi connectivity index (χ4n) is 2.65. The molecule has 0 radical (unpaired) electrons. The highest BCUT2D eigenvalue weighted by molar-refractivity contribution is 5.90. The first kappa shape index (κ1) is 28.1. The van der Waals surface area contributed by atoms with Gasteiger partial charge in [-0.25, -0.2) is 4.79 Å². The molecule has 0 aliphatic heterocycles. The van der Waals surface area contributed by atoms with E-state index >= 15 is 0 Å². The Hall–Kier alpha value is -2.85. The van der Waals surface area contributed by atoms with Crippen LogP contribution in [0.2, 0.25) is 0 Å². The van der Waals surface area contributed by atoms with Crippen LogP contribution in [0.3, 0.4) is 0 Å². The maximum atomic E-state index is 12.2. The Bertz CT molecular complexity index is 595. The molecule has 0 rings (SSSR count). The molecular weight excluding hydrogens is 404 g/mol. The molecule has 11 nitrogen and oxygen atoms in total. The minimum Gasteiger partial charge on any atom is -0.449 e. The normalized spacial score (nSPS) is 13.3. The lowest BCUT2D eigenvalue weighted by Crippen LogP contribution is -2.50. The average molecular weight is 443 g/mol. The maximum absolute atomic E-state index is 12.2. The van der Waals surface area contributed by atoms with Crippen LogP contribution in [0.25, 0.3) is 0 Å². The van der Waals surface area contributed by atoms with E-state index in [1.54, 1.807) is 0 Å². The van der Waals surface area contributed by atoms with Gasteiger partial charge in [-0.05, 0) is 32.1 Å². The van der Waals surface area contributed by atoms with Crippen molar-refractivity contribution in [2.24, 2.45) is 22.4 Å². The number of carbonyl (C=O) groups excluding carboxylic acids is 4. The van der Waals surface area contributed by atoms with E-state index in [0.29, 0.717) is 38.2 Å². The van der Waals surface area contributed by atoms with E-state index in [4.69, 9.17) is 16.2 Å². The van der Waals surface area contributed by atoms with E-state index in [9.17, 15) is 19.2 Å². The molecule has 1 unspecified atom stereocenters. The summed E-state index contributed by atoms with van der Waals surface area (Å²) in [7, 11) is 0. The molecule has 0 aromatic carbocycles. The SMILES string of the molecule is CCCCC(CC)COC(=O)NCC(=O)N[C@@H](C)C(=O)N[C@H](C=O)CCCN=C(N)N. The molecule has 178 valence electrons. The average Bonchev–Trinajstić information content (AvgIpc) is 2.74. The fraction of sp³-hybridized carbons (Fsp3) is 0.750. The van der Waals surface area contributed by atoms with Gasteiger partial charge >= 0.3 is 6.09 Å². The minimum absolute atomic E-state index is 0.0396. The van der Waals surface area contributed by atoms with Crippen molar-refractivity contribution in [1.82, 2.24) is 16.0 Å². The van der Waals surface area contributed by atoms with Crippen LogP contribution < -0.4 is 27.4 Å². The number of alkyl carbamates (subject to hydrolysis) is 1. The van der Waals surface area contributed by atoms with Crippen LogP contribution in [0.1, 0.15) is 59.3 Å². The molecule has 0 saturated heterocycles. The van der Waals surface area contributed by atoms with Crippen molar-refractivity contribution in [3.05, 3.63) is 0 Å². The highest BCUT2D eigenvalue weighted by atomic mass is 16.5. The summed E-state index contributed by atoms with van der Waals surface area (Å²) in [5, 5.41) is 7.36. The molecule has 0 aliphatic rings. The number of nitrogens with two attached hydrogens (primary N) is 2. The molecule has 0 aromatic heterocycles. The molecule has 0 fully saturated rings. The zero-order valence-electron chi connectivity index (χ0n) is 18.8. The number of nitrogens with one attached hydrogen (secondary N) is 3. The third-order valence-electron chi connectivity index (χ3n) is 4.62. The zero-order valence-corrected chi connectivity index (χ0v) is 18.8. The number of nitrogens with zero attached hydrogens (tertiary/aromatic N) is 1. The fourth-order valence-corrected chi connectivity index (χ4v) is 2.65. The molecule has 0 aromatic rings. The second-order valence-electron chi connectivity index (χ2n) is 7.36. The first-order chi connectivity index (χ1) is 14.7. The van der Waals surface area contributed by atoms with Crippen molar-refractivity contribution in [1.29, 1.82) is 0 Å². The van der Waals surface area contributed by atoms with Crippen LogP contribution in [0.4, 0.5) is 4.79 Å². The van der Waals surface area contributed by atoms with Gasteiger partial charge in [-0.1, -0.05) is 33.1 Å². The van der Waals surface area contributed by atoms with Crippen LogP contribution >= 0.6 is 0 Å². The van der Waals surface area contributed by atoms with Crippen molar-refractivity contribution in [2.75, 3.05) is 19.7 Å². The highest BCUT2D eigenvalue weighted by Gasteiger charge is 2.19. The van der Waals surface area contributed by atoms with Crippen molar-refractivity contribution in [2.45, 2.75) is 71.4 Å². The van der Waals surface area contributed by atoms with Crippen molar-refractivity contribution < 1.29 is 23.9 Å². The summed E-state index contributed by atoms with van der Waals surface area (Å²) in [4.78, 5) is 50.8. The van der Waals surface area contributed by atoms with E-state index in [2.05, 4.69) is 27.9 Å². The van der Waals surface area contributed by atoms with Crippen LogP contribution in [0, 0.1) is 5.92 Å². The monoisotopic (exact) mass is 442 g/mol. The van der Waals surface area contributed by atoms with Gasteiger partial charge in [-0.15, -0.1) is 0 Å². The largest absolute Gasteiger partial charge is 0.449 e. The van der Waals surface area contributed by atoms with Crippen molar-refractivity contribution >= 4 is 30.2 Å². The van der Waals surface area contributed by atoms with Crippen LogP contribution in [0.15, 0.2) is 4.99 Å². The van der Waals surface area contributed by atoms with Crippen molar-refractivity contribution in [3.63, 3.8) is 0 Å². The molecule has 0 saturated carbocycles. The quantitative estimate of drug-likeness (QED) is 0.0978. The second kappa shape index (κ2) is 16.9. The molecule has 0 aliphatic carbocycles. The smallest absolute Gasteiger partial charge is 0.407 e. The van der Waals surface area contributed by atoms with Gasteiger partial charge in [0.1, 0.15) is 18.9 Å². The number of amides is 3. The van der Waals surface area contributed by atoms with Gasteiger partial charge in [0.25, 0.3) is 0 Å². The highest BCUT2D eigenvalue weighted by Crippen LogP contribution is 2.12. The Morgan fingerprint density at radius 2 is 1.81 bits per heavy atom. The molecule has 0 spiro atoms. The Kier molecular flexibility index (Phi) is 15.3. The molecule has 3 atom stereocenters. The van der Waals surface area contributed by atoms with E-state index < -0.39 is 30.0 Å². The molecule has 7 N–H and O–H groups in total. The summed E-state index contributed by atoms with van der Waals surface area (Å²) in [6.45, 7) is 5.95. The number of hydrogen-bond acceptors (Lipinski definition) is 6. The molecule has 3 amide bonds. The second-order valence-corrected chi connectivity index (χ2v) is 7.36. The predicted octanol–water partition coefficient (Wildman–Crippen LogP) is 0.171. The summed E-state index contributed by atoms with van der Waals surface area (Å²) >= 11 is 0. The lowest BCUT2D eigenvalue weighted by atomic mass is 10.0. The molecule has 11 heteroatoms. The van der Waals surface area contributed by atoms with Crippen LogP contribution in [-0.4, -0.2) is 61.9 Å². The molecular formula is C20H38N6O5. The van der Waals surface area contributed by atoms with Gasteiger partial charge in [0.15, 0.2) is 5.96 Å². The molecule has 0 bridgehead atoms. The number of rotatable bonds is 16. The summed E-state index contributed by atoms with van der Waals surface area (Å²) in [6, 6.07) is -1.60. The van der Waals surface area contributed by atoms with Gasteiger partial charge in [-0.3, -0.25) is 14.6 Å². The van der Waals surface area contributed by atoms with Crippen LogP contribution in [0.5, 0.6) is 0 Å². The number of aldehydes is 1. The number of unbranched alkanes of at least 4 members (excludes halogenated alkanes) is 1. The van der Waals surface area contributed by atoms with Gasteiger partial charge in [0, 0.05) is 6.54 Å². The number of guanidine groups is 1. The lowest BCUT2D eigenvalue weighted by molar-refractivity contribution is -0.129. The third-order valence-corrected chi connectivity index (χ3v) is 4.62. The van der Waals surface area contributed by atoms with E-state index in [1.165, 1.54) is 6.92 Å². The summed E-state index contributed by atoms with van der Waals surface area (Å²) in [5.41, 5.74) is 10.4. The van der Waals surface area contributed by atoms with E-state index in [-0.39, 0.29) is 12.5 Å². The number of aliphatic imine (C=N–C) groups is 1. The van der Waals surface area contributed by atoms with Gasteiger partial charge in [-0.2, -0.15) is 0 Å². The Labute approximate surface area is 184 Å². The molecule has 0 heterocycles. The summed E-state index contributed by atoms with van der Waals surface area (Å²) < 4.78 is 5.15. The maximum Gasteiger partial charge on any atom is 0.407 e. The summed E-state index contributed by atoms with van der Waals surface area (Å²) in [5.74, 6) is -0.805. The van der Waals surface area contributed by atoms with E-state index in [1.807, 2.05) is 6.92 Å². The first-order valence-electron chi connectivity index (χ1n) is 10.7. The minimum atomic E-state index is -0.885. The van der Waals surface area contributed by atoms with Gasteiger partial charge < -0.3 is 36.9 Å². The molecule has 31 heavy (non-hydrogen) atoms. The first-order valence-corrected chi connectivity index (χ1v) is 10.7. The zero-order chi connectivity index (χ0) is 23.6. The Morgan fingerprint density at radius 3 is 2.39 bits per heavy atom. The Balaban J connectivity index is 4.22. The van der Waals surface area contributed by atoms with Gasteiger partial charge in [0.2, 0.25) is 11.8 Å². The number of carbonyl (C=O) groups is 4. The number of ether oxygens (including phenoxy) is 1. The lowest BCUT2D eigenvalue weighted by Gasteiger charge is -2.18. The Morgan fingerprint density at radius 1 is 1.10 bits per heavy atom. The summed E-state index contributed by atoms with van der Waals surface area (Å²) in [6.07, 6.45) is 4.86. The standard InChI is InChI=1S/C20H38N6O5/c1-4-6-8-15(5-2)13-31-20(30)24-11-17(28)25-14(3)18(29)26-16(12-27)9-7-10-23-19(21)22/h12,14-16H,4-11,13H2,1-3H3,(H,24,30)(H,25,28)(H,26,29)(H4,21,22,23)/t14-,15?,16-/m0/s1. The topological polar surface area (TPSA) is 178 Å². The van der Waals surface area contributed by atoms with Crippen molar-refractivity contribution in [3.8, 4) is 0 Å². The van der Waals surface area contributed by atoms with Gasteiger partial charge in [0.05, 0.1) is 12.6 Å². The number of hydrogen-bond donors (Lipinski definition) is 5. The third kappa shape index (κ3) is 14.7. The van der Waals surface area contributed by atoms with E-state index in [0.717, 1.165) is 25.7 Å². The predicted molar refractivity (Wildman–Crippen MR) is 118 cm³/mol. The van der Waals surface area contributed by atoms with Crippen LogP contribution in [-0.2, 0) is 19.1 Å².